The van der Waals surface area contributed by atoms with Gasteiger partial charge >= 0.3 is 5.97 Å². The summed E-state index contributed by atoms with van der Waals surface area (Å²) < 4.78 is 8.49. The minimum absolute atomic E-state index is 0.0840. The molecule has 3 atom stereocenters. The Morgan fingerprint density at radius 3 is 3.00 bits per heavy atom. The summed E-state index contributed by atoms with van der Waals surface area (Å²) in [7, 11) is 0. The molecule has 3 N–H and O–H groups in total. The maximum Gasteiger partial charge on any atom is 0.373 e. The van der Waals surface area contributed by atoms with Crippen molar-refractivity contribution in [1.82, 2.24) is 15.0 Å². The summed E-state index contributed by atoms with van der Waals surface area (Å²) in [5, 5.41) is 17.1. The molecule has 9 nitrogen and oxygen atoms in total. The Balaban J connectivity index is 1.88. The quantitative estimate of drug-likeness (QED) is 0.608. The van der Waals surface area contributed by atoms with Gasteiger partial charge in [0, 0.05) is 6.42 Å². The first-order chi connectivity index (χ1) is 10.4. The van der Waals surface area contributed by atoms with Gasteiger partial charge in [-0.05, 0) is 6.92 Å². The molecule has 1 aromatic heterocycles. The summed E-state index contributed by atoms with van der Waals surface area (Å²) in [6, 6.07) is -1.33. The summed E-state index contributed by atoms with van der Waals surface area (Å²) in [5.41, 5.74) is 6.16. The van der Waals surface area contributed by atoms with Crippen LogP contribution in [0.15, 0.2) is 6.20 Å². The number of Topliss-reactive ketones (excluding diaryl/α,β-unsaturated/α-hetero) is 1. The lowest BCUT2D eigenvalue weighted by Crippen LogP contribution is -2.33. The van der Waals surface area contributed by atoms with Crippen LogP contribution in [-0.2, 0) is 20.9 Å². The maximum atomic E-state index is 11.1. The Labute approximate surface area is 127 Å². The predicted octanol–water partition coefficient (Wildman–Crippen LogP) is -1.18. The number of hydrogen-bond donors (Lipinski definition) is 2. The highest BCUT2D eigenvalue weighted by Crippen LogP contribution is 2.23. The Morgan fingerprint density at radius 1 is 1.68 bits per heavy atom. The van der Waals surface area contributed by atoms with Crippen LogP contribution in [0.5, 0.6) is 0 Å². The number of rotatable bonds is 7. The zero-order chi connectivity index (χ0) is 16.3. The fraction of sp³-hybridized carbons (Fsp3) is 0.615. The van der Waals surface area contributed by atoms with Gasteiger partial charge in [0.2, 0.25) is 0 Å². The van der Waals surface area contributed by atoms with E-state index in [1.54, 1.807) is 10.9 Å². The van der Waals surface area contributed by atoms with Crippen LogP contribution in [-0.4, -0.2) is 68.4 Å². The molecule has 3 unspecified atom stereocenters. The minimum atomic E-state index is -0.889. The zero-order valence-corrected chi connectivity index (χ0v) is 12.4. The second-order valence-electron chi connectivity index (χ2n) is 5.44. The van der Waals surface area contributed by atoms with Gasteiger partial charge in [-0.15, -0.1) is 5.10 Å². The smallest absolute Gasteiger partial charge is 0.373 e. The molecule has 1 saturated heterocycles. The van der Waals surface area contributed by atoms with Crippen molar-refractivity contribution >= 4 is 18.5 Å². The largest absolute Gasteiger partial charge is 0.476 e. The van der Waals surface area contributed by atoms with Crippen LogP contribution in [0.3, 0.4) is 0 Å². The Morgan fingerprint density at radius 2 is 2.41 bits per heavy atom. The first-order valence-electron chi connectivity index (χ1n) is 6.93. The molecule has 0 aromatic carbocycles. The van der Waals surface area contributed by atoms with Crippen LogP contribution in [0, 0.1) is 0 Å². The first-order valence-corrected chi connectivity index (χ1v) is 6.93. The van der Waals surface area contributed by atoms with E-state index >= 15 is 0 Å². The second kappa shape index (κ2) is 6.75. The van der Waals surface area contributed by atoms with E-state index in [-0.39, 0.29) is 25.0 Å². The highest BCUT2D eigenvalue weighted by atomic mass is 16.5. The number of ketones is 1. The van der Waals surface area contributed by atoms with Crippen molar-refractivity contribution in [2.45, 2.75) is 38.1 Å². The molecule has 2 rings (SSSR count). The number of carbonyl (C=O) groups excluding carboxylic acids is 1. The lowest BCUT2D eigenvalue weighted by Gasteiger charge is -2.07. The summed E-state index contributed by atoms with van der Waals surface area (Å²) >= 11 is 0. The Bertz CT molecular complexity index is 585. The first kappa shape index (κ1) is 16.2. The van der Waals surface area contributed by atoms with Gasteiger partial charge in [-0.1, -0.05) is 5.21 Å². The highest BCUT2D eigenvalue weighted by molar-refractivity contribution is 5.81. The number of aromatic nitrogens is 3. The lowest BCUT2D eigenvalue weighted by atomic mass is 10.2. The van der Waals surface area contributed by atoms with Crippen LogP contribution >= 0.6 is 0 Å². The van der Waals surface area contributed by atoms with Crippen molar-refractivity contribution in [1.29, 1.82) is 0 Å². The molecule has 2 heterocycles. The van der Waals surface area contributed by atoms with Crippen LogP contribution < -0.4 is 5.73 Å². The Hall–Kier alpha value is -2.13. The number of carbonyl (C=O) groups is 2. The third-order valence-electron chi connectivity index (χ3n) is 3.67. The van der Waals surface area contributed by atoms with Crippen molar-refractivity contribution in [2.75, 3.05) is 13.2 Å². The second-order valence-corrected chi connectivity index (χ2v) is 5.44. The molecule has 0 radical (unpaired) electrons. The van der Waals surface area contributed by atoms with E-state index < -0.39 is 18.1 Å². The molecular formula is C13H20N5O4+. The summed E-state index contributed by atoms with van der Waals surface area (Å²) in [5.74, 6) is -1.02. The molecule has 0 aliphatic carbocycles. The third kappa shape index (κ3) is 3.74. The van der Waals surface area contributed by atoms with Gasteiger partial charge in [0.15, 0.2) is 6.54 Å². The van der Waals surface area contributed by atoms with Crippen molar-refractivity contribution in [3.63, 3.8) is 0 Å². The van der Waals surface area contributed by atoms with E-state index in [9.17, 15) is 9.59 Å². The number of aliphatic carboxylic acids is 1. The van der Waals surface area contributed by atoms with Crippen LogP contribution in [0.2, 0.25) is 0 Å². The average Bonchev–Trinajstić information content (AvgIpc) is 3.05. The van der Waals surface area contributed by atoms with E-state index in [4.69, 9.17) is 15.6 Å². The van der Waals surface area contributed by atoms with Gasteiger partial charge in [0.25, 0.3) is 6.04 Å². The van der Waals surface area contributed by atoms with Gasteiger partial charge in [0.1, 0.15) is 24.2 Å². The Kier molecular flexibility index (Phi) is 4.99. The van der Waals surface area contributed by atoms with E-state index in [0.29, 0.717) is 18.7 Å². The standard InChI is InChI=1S/C13H19N5O4/c1-8(19)11(14)7-22-6-9-4-18(16-15-9)10-3-12(13(20)21)17(2)5-10/h4,10-12H,2-3,5-7,14H2,1H3/p+1. The topological polar surface area (TPSA) is 123 Å². The molecule has 0 saturated carbocycles. The molecule has 1 fully saturated rings. The van der Waals surface area contributed by atoms with E-state index in [1.165, 1.54) is 11.5 Å². The molecular weight excluding hydrogens is 290 g/mol. The molecule has 9 heteroatoms. The molecule has 1 aliphatic rings. The zero-order valence-electron chi connectivity index (χ0n) is 12.4. The number of nitrogens with zero attached hydrogens (tertiary/aromatic N) is 4. The summed E-state index contributed by atoms with van der Waals surface area (Å²) in [6.45, 7) is 5.96. The third-order valence-corrected chi connectivity index (χ3v) is 3.67. The van der Waals surface area contributed by atoms with E-state index in [2.05, 4.69) is 17.0 Å². The van der Waals surface area contributed by atoms with Gasteiger partial charge in [-0.3, -0.25) is 4.79 Å². The van der Waals surface area contributed by atoms with Gasteiger partial charge in [0.05, 0.1) is 25.5 Å². The number of carboxylic acid groups (broad SMARTS) is 1. The van der Waals surface area contributed by atoms with Crippen molar-refractivity contribution < 1.29 is 24.0 Å². The average molecular weight is 310 g/mol. The molecule has 1 aromatic rings. The summed E-state index contributed by atoms with van der Waals surface area (Å²) in [4.78, 5) is 22.1. The maximum absolute atomic E-state index is 11.1. The highest BCUT2D eigenvalue weighted by Gasteiger charge is 2.41. The normalized spacial score (nSPS) is 22.7. The van der Waals surface area contributed by atoms with Crippen LogP contribution in [0.1, 0.15) is 25.1 Å². The molecule has 0 amide bonds. The monoisotopic (exact) mass is 310 g/mol. The van der Waals surface area contributed by atoms with Crippen molar-refractivity contribution in [2.24, 2.45) is 5.73 Å². The van der Waals surface area contributed by atoms with Gasteiger partial charge in [-0.2, -0.15) is 0 Å². The molecule has 0 spiro atoms. The van der Waals surface area contributed by atoms with E-state index in [1.807, 2.05) is 0 Å². The minimum Gasteiger partial charge on any atom is -0.476 e. The lowest BCUT2D eigenvalue weighted by molar-refractivity contribution is -0.526. The molecule has 0 bridgehead atoms. The number of carboxylic acids is 1. The molecule has 1 aliphatic heterocycles. The number of nitrogens with two attached hydrogens (primary N) is 1. The van der Waals surface area contributed by atoms with E-state index in [0.717, 1.165) is 0 Å². The number of hydrogen-bond acceptors (Lipinski definition) is 6. The predicted molar refractivity (Wildman–Crippen MR) is 75.7 cm³/mol. The van der Waals surface area contributed by atoms with Crippen LogP contribution in [0.25, 0.3) is 0 Å². The van der Waals surface area contributed by atoms with Crippen molar-refractivity contribution in [3.8, 4) is 0 Å². The molecule has 22 heavy (non-hydrogen) atoms. The number of ether oxygens (including phenoxy) is 1. The van der Waals surface area contributed by atoms with Crippen molar-refractivity contribution in [3.05, 3.63) is 11.9 Å². The fourth-order valence-corrected chi connectivity index (χ4v) is 2.29. The van der Waals surface area contributed by atoms with Gasteiger partial charge in [-0.25, -0.2) is 14.1 Å². The SMILES string of the molecule is C=[N+]1CC(n2cc(COCC(N)C(C)=O)nn2)CC1C(=O)O. The van der Waals surface area contributed by atoms with Gasteiger partial charge < -0.3 is 15.6 Å². The molecule has 120 valence electrons. The summed E-state index contributed by atoms with van der Waals surface area (Å²) in [6.07, 6.45) is 2.14. The fourth-order valence-electron chi connectivity index (χ4n) is 2.29. The van der Waals surface area contributed by atoms with Crippen LogP contribution in [0.4, 0.5) is 0 Å².